The lowest BCUT2D eigenvalue weighted by atomic mass is 10.1. The number of benzene rings is 1. The van der Waals surface area contributed by atoms with E-state index >= 15 is 0 Å². The Morgan fingerprint density at radius 3 is 2.87 bits per heavy atom. The van der Waals surface area contributed by atoms with Gasteiger partial charge in [0.25, 0.3) is 0 Å². The molecule has 4 heteroatoms. The molecule has 0 fully saturated rings. The number of carbonyl (C=O) groups is 1. The van der Waals surface area contributed by atoms with Crippen LogP contribution < -0.4 is 0 Å². The van der Waals surface area contributed by atoms with Gasteiger partial charge in [0, 0.05) is 5.39 Å². The number of furan rings is 1. The molecule has 0 radical (unpaired) electrons. The van der Waals surface area contributed by atoms with E-state index in [0.717, 1.165) is 15.6 Å². The fourth-order valence-electron chi connectivity index (χ4n) is 1.50. The van der Waals surface area contributed by atoms with E-state index in [1.54, 1.807) is 12.1 Å². The molecule has 0 aliphatic rings. The minimum Gasteiger partial charge on any atom is -0.465 e. The van der Waals surface area contributed by atoms with Crippen molar-refractivity contribution >= 4 is 32.9 Å². The summed E-state index contributed by atoms with van der Waals surface area (Å²) in [6.45, 7) is 1.84. The van der Waals surface area contributed by atoms with Crippen LogP contribution in [0.4, 0.5) is 0 Å². The van der Waals surface area contributed by atoms with Crippen LogP contribution in [0.3, 0.4) is 0 Å². The third kappa shape index (κ3) is 1.65. The molecule has 0 spiro atoms. The first-order chi connectivity index (χ1) is 7.13. The van der Waals surface area contributed by atoms with E-state index in [1.807, 2.05) is 13.0 Å². The monoisotopic (exact) mass is 268 g/mol. The number of methoxy groups -OCH3 is 1. The topological polar surface area (TPSA) is 39.4 Å². The Morgan fingerprint density at radius 2 is 2.20 bits per heavy atom. The van der Waals surface area contributed by atoms with Gasteiger partial charge in [-0.25, -0.2) is 4.79 Å². The van der Waals surface area contributed by atoms with Crippen molar-refractivity contribution in [2.24, 2.45) is 0 Å². The van der Waals surface area contributed by atoms with Crippen LogP contribution in [-0.4, -0.2) is 13.1 Å². The smallest absolute Gasteiger partial charge is 0.338 e. The van der Waals surface area contributed by atoms with Crippen LogP contribution in [0.5, 0.6) is 0 Å². The van der Waals surface area contributed by atoms with E-state index in [2.05, 4.69) is 15.9 Å². The van der Waals surface area contributed by atoms with Gasteiger partial charge in [0.2, 0.25) is 0 Å². The molecule has 1 aromatic heterocycles. The second kappa shape index (κ2) is 3.70. The highest BCUT2D eigenvalue weighted by atomic mass is 79.9. The fourth-order valence-corrected chi connectivity index (χ4v) is 1.93. The summed E-state index contributed by atoms with van der Waals surface area (Å²) >= 11 is 3.37. The molecule has 0 unspecified atom stereocenters. The molecule has 1 heterocycles. The first-order valence-corrected chi connectivity index (χ1v) is 5.19. The zero-order chi connectivity index (χ0) is 11.0. The van der Waals surface area contributed by atoms with Crippen molar-refractivity contribution in [3.8, 4) is 0 Å². The highest BCUT2D eigenvalue weighted by Crippen LogP contribution is 2.30. The number of ether oxygens (including phenoxy) is 1. The third-order valence-electron chi connectivity index (χ3n) is 2.16. The zero-order valence-corrected chi connectivity index (χ0v) is 9.92. The third-order valence-corrected chi connectivity index (χ3v) is 2.79. The Labute approximate surface area is 95.1 Å². The van der Waals surface area contributed by atoms with E-state index < -0.39 is 0 Å². The molecule has 0 saturated carbocycles. The lowest BCUT2D eigenvalue weighted by Gasteiger charge is -2.00. The van der Waals surface area contributed by atoms with Gasteiger partial charge in [-0.05, 0) is 41.1 Å². The van der Waals surface area contributed by atoms with Crippen molar-refractivity contribution in [2.45, 2.75) is 6.92 Å². The largest absolute Gasteiger partial charge is 0.465 e. The Hall–Kier alpha value is -1.29. The van der Waals surface area contributed by atoms with Gasteiger partial charge in [-0.1, -0.05) is 0 Å². The number of fused-ring (bicyclic) bond motifs is 1. The number of aryl methyl sites for hydroxylation is 1. The zero-order valence-electron chi connectivity index (χ0n) is 8.33. The van der Waals surface area contributed by atoms with E-state index in [1.165, 1.54) is 7.11 Å². The molecule has 15 heavy (non-hydrogen) atoms. The molecule has 3 nitrogen and oxygen atoms in total. The predicted molar refractivity (Wildman–Crippen MR) is 60.0 cm³/mol. The Bertz CT molecular complexity index is 528. The highest BCUT2D eigenvalue weighted by molar-refractivity contribution is 9.10. The van der Waals surface area contributed by atoms with Crippen LogP contribution >= 0.6 is 15.9 Å². The molecule has 0 N–H and O–H groups in total. The molecule has 0 amide bonds. The number of hydrogen-bond donors (Lipinski definition) is 0. The summed E-state index contributed by atoms with van der Waals surface area (Å²) in [7, 11) is 1.36. The van der Waals surface area contributed by atoms with Gasteiger partial charge in [-0.3, -0.25) is 0 Å². The summed E-state index contributed by atoms with van der Waals surface area (Å²) < 4.78 is 11.0. The van der Waals surface area contributed by atoms with Crippen molar-refractivity contribution in [3.05, 3.63) is 34.0 Å². The van der Waals surface area contributed by atoms with Crippen molar-refractivity contribution in [1.82, 2.24) is 0 Å². The number of rotatable bonds is 1. The van der Waals surface area contributed by atoms with Crippen molar-refractivity contribution in [3.63, 3.8) is 0 Å². The minimum atomic E-state index is -0.353. The Balaban J connectivity index is 2.76. The van der Waals surface area contributed by atoms with E-state index in [-0.39, 0.29) is 5.97 Å². The quantitative estimate of drug-likeness (QED) is 0.746. The maximum absolute atomic E-state index is 11.5. The lowest BCUT2D eigenvalue weighted by Crippen LogP contribution is -2.01. The van der Waals surface area contributed by atoms with Gasteiger partial charge < -0.3 is 9.15 Å². The van der Waals surface area contributed by atoms with Crippen molar-refractivity contribution in [2.75, 3.05) is 7.11 Å². The average molecular weight is 269 g/mol. The number of esters is 1. The summed E-state index contributed by atoms with van der Waals surface area (Å²) in [5.74, 6) is 0.412. The number of hydrogen-bond acceptors (Lipinski definition) is 3. The van der Waals surface area contributed by atoms with E-state index in [9.17, 15) is 4.79 Å². The molecule has 0 bridgehead atoms. The average Bonchev–Trinajstić information content (AvgIpc) is 2.60. The SMILES string of the molecule is COC(=O)c1ccc(Br)c2oc(C)cc12. The molecule has 1 aromatic carbocycles. The van der Waals surface area contributed by atoms with Crippen LogP contribution in [0, 0.1) is 6.92 Å². The van der Waals surface area contributed by atoms with Crippen LogP contribution in [0.25, 0.3) is 11.0 Å². The minimum absolute atomic E-state index is 0.353. The van der Waals surface area contributed by atoms with E-state index in [0.29, 0.717) is 11.1 Å². The standard InChI is InChI=1S/C11H9BrO3/c1-6-5-8-7(11(13)14-2)3-4-9(12)10(8)15-6/h3-5H,1-2H3. The van der Waals surface area contributed by atoms with Gasteiger partial charge in [0.05, 0.1) is 17.1 Å². The second-order valence-electron chi connectivity index (χ2n) is 3.19. The molecular formula is C11H9BrO3. The first-order valence-electron chi connectivity index (χ1n) is 4.40. The van der Waals surface area contributed by atoms with Gasteiger partial charge in [-0.15, -0.1) is 0 Å². The summed E-state index contributed by atoms with van der Waals surface area (Å²) in [6.07, 6.45) is 0. The number of halogens is 1. The Morgan fingerprint density at radius 1 is 1.47 bits per heavy atom. The predicted octanol–water partition coefficient (Wildman–Crippen LogP) is 3.29. The Kier molecular flexibility index (Phi) is 2.52. The lowest BCUT2D eigenvalue weighted by molar-refractivity contribution is 0.0603. The fraction of sp³-hybridized carbons (Fsp3) is 0.182. The molecule has 2 rings (SSSR count). The molecular weight excluding hydrogens is 260 g/mol. The van der Waals surface area contributed by atoms with Crippen LogP contribution in [0.1, 0.15) is 16.1 Å². The van der Waals surface area contributed by atoms with Crippen LogP contribution in [0.15, 0.2) is 27.1 Å². The normalized spacial score (nSPS) is 10.6. The second-order valence-corrected chi connectivity index (χ2v) is 4.04. The molecule has 0 aliphatic carbocycles. The molecule has 0 atom stereocenters. The molecule has 2 aromatic rings. The number of carbonyl (C=O) groups excluding carboxylic acids is 1. The summed E-state index contributed by atoms with van der Waals surface area (Å²) in [5, 5.41) is 0.772. The first kappa shape index (κ1) is 10.2. The van der Waals surface area contributed by atoms with Crippen molar-refractivity contribution in [1.29, 1.82) is 0 Å². The summed E-state index contributed by atoms with van der Waals surface area (Å²) in [4.78, 5) is 11.5. The van der Waals surface area contributed by atoms with E-state index in [4.69, 9.17) is 9.15 Å². The van der Waals surface area contributed by atoms with Crippen molar-refractivity contribution < 1.29 is 13.9 Å². The molecule has 78 valence electrons. The highest BCUT2D eigenvalue weighted by Gasteiger charge is 2.15. The molecule has 0 aliphatic heterocycles. The van der Waals surface area contributed by atoms with Gasteiger partial charge in [-0.2, -0.15) is 0 Å². The van der Waals surface area contributed by atoms with Crippen LogP contribution in [-0.2, 0) is 4.74 Å². The summed E-state index contributed by atoms with van der Waals surface area (Å²) in [6, 6.07) is 5.32. The summed E-state index contributed by atoms with van der Waals surface area (Å²) in [5.41, 5.74) is 1.20. The maximum atomic E-state index is 11.5. The van der Waals surface area contributed by atoms with Gasteiger partial charge in [0.1, 0.15) is 11.3 Å². The maximum Gasteiger partial charge on any atom is 0.338 e. The van der Waals surface area contributed by atoms with Crippen LogP contribution in [0.2, 0.25) is 0 Å². The molecule has 0 saturated heterocycles. The van der Waals surface area contributed by atoms with Gasteiger partial charge in [0.15, 0.2) is 0 Å². The van der Waals surface area contributed by atoms with Gasteiger partial charge >= 0.3 is 5.97 Å².